The summed E-state index contributed by atoms with van der Waals surface area (Å²) in [6, 6.07) is 0. The van der Waals surface area contributed by atoms with Crippen LogP contribution in [0.2, 0.25) is 0 Å². The zero-order chi connectivity index (χ0) is 36.6. The maximum absolute atomic E-state index is 4.93. The summed E-state index contributed by atoms with van der Waals surface area (Å²) in [5, 5.41) is 0. The van der Waals surface area contributed by atoms with Gasteiger partial charge in [0, 0.05) is 0 Å². The number of hydrogen-bond donors (Lipinski definition) is 0. The average molecular weight is 1160 g/mol. The standard InChI is InChI=1S/C15H26.C15H28.C11H20.6CH3.6ClH.FH.3Zr/c1-2-6-12(5-1)11-14-10-9-13-7-3-4-8-15(13)14;1-15(2,3)14-9-8-13(11-14)10-12-6-4-5-7-12;1-2-6-10(5-1)9-11-7-3-4-8-11;;;;;;;;;;;;;;;;/h12-15H,1-11H2;12-14H,4-11H2,1-3H3;10-11H,1-9H2;6*1H3;7*1H;;;/q;;;6*-1;;;;;;;;3*+4/p-6. The molecule has 7 fully saturated rings. The van der Waals surface area contributed by atoms with Crippen LogP contribution in [0.15, 0.2) is 0 Å². The maximum atomic E-state index is 4.93. The number of hydrogen-bond acceptors (Lipinski definition) is 0. The van der Waals surface area contributed by atoms with Gasteiger partial charge in [-0.2, -0.15) is 0 Å². The van der Waals surface area contributed by atoms with Crippen molar-refractivity contribution >= 4 is 51.1 Å². The molecule has 0 radical (unpaired) electrons. The van der Waals surface area contributed by atoms with E-state index in [1.54, 1.807) is 89.9 Å². The van der Waals surface area contributed by atoms with Crippen molar-refractivity contribution in [2.45, 2.75) is 201 Å². The Hall–Kier alpha value is 4.32. The van der Waals surface area contributed by atoms with Crippen molar-refractivity contribution in [2.75, 3.05) is 0 Å². The van der Waals surface area contributed by atoms with Crippen molar-refractivity contribution in [2.24, 2.45) is 58.7 Å². The summed E-state index contributed by atoms with van der Waals surface area (Å²) in [5.74, 6) is 10.1. The first-order chi connectivity index (χ1) is 24.2. The summed E-state index contributed by atoms with van der Waals surface area (Å²) in [7, 11) is 29.6. The summed E-state index contributed by atoms with van der Waals surface area (Å²) < 4.78 is 0. The predicted molar refractivity (Wildman–Crippen MR) is 256 cm³/mol. The third-order valence-electron chi connectivity index (χ3n) is 14.1. The summed E-state index contributed by atoms with van der Waals surface area (Å²) >= 11 is -2.48. The summed E-state index contributed by atoms with van der Waals surface area (Å²) in [4.78, 5) is 0. The van der Waals surface area contributed by atoms with Gasteiger partial charge in [-0.1, -0.05) is 149 Å². The first-order valence-corrected chi connectivity index (χ1v) is 40.1. The van der Waals surface area contributed by atoms with Gasteiger partial charge in [0.2, 0.25) is 0 Å². The van der Waals surface area contributed by atoms with E-state index in [1.165, 1.54) is 95.8 Å². The van der Waals surface area contributed by atoms with Crippen LogP contribution < -0.4 is 0 Å². The molecule has 0 aromatic carbocycles. The fourth-order valence-corrected chi connectivity index (χ4v) is 11.6. The van der Waals surface area contributed by atoms with Gasteiger partial charge >= 0.3 is 114 Å². The Morgan fingerprint density at radius 3 is 1.05 bits per heavy atom. The third kappa shape index (κ3) is 32.6. The summed E-state index contributed by atoms with van der Waals surface area (Å²) in [6.07, 6.45) is 43.3. The molecule has 10 heteroatoms. The fraction of sp³-hybridized carbons (Fsp3) is 0.872. The molecule has 0 spiro atoms. The second-order valence-corrected chi connectivity index (χ2v) is 29.5. The molecule has 0 heterocycles. The van der Waals surface area contributed by atoms with Gasteiger partial charge in [0.15, 0.2) is 0 Å². The Bertz CT molecular complexity index is 767. The van der Waals surface area contributed by atoms with Crippen LogP contribution in [-0.2, 0) is 62.5 Å². The second-order valence-electron chi connectivity index (χ2n) is 18.3. The van der Waals surface area contributed by atoms with E-state index in [4.69, 9.17) is 51.1 Å². The Kier molecular flexibility index (Phi) is 58.2. The average Bonchev–Trinajstić information content (AvgIpc) is 3.94. The van der Waals surface area contributed by atoms with Gasteiger partial charge in [-0.25, -0.2) is 0 Å². The normalized spacial score (nSPS) is 25.9. The fourth-order valence-electron chi connectivity index (χ4n) is 11.6. The number of rotatable bonds is 6. The van der Waals surface area contributed by atoms with E-state index >= 15 is 0 Å². The Balaban J connectivity index is -0.000000148. The zero-order valence-corrected chi connectivity index (χ0v) is 50.6. The third-order valence-corrected chi connectivity index (χ3v) is 14.1. The van der Waals surface area contributed by atoms with Crippen LogP contribution in [0.1, 0.15) is 201 Å². The van der Waals surface area contributed by atoms with Gasteiger partial charge in [-0.05, 0) is 110 Å². The van der Waals surface area contributed by atoms with Crippen molar-refractivity contribution in [3.8, 4) is 0 Å². The molecule has 5 unspecified atom stereocenters. The number of fused-ring (bicyclic) bond motifs is 1. The molecular weight excluding hydrogens is 1070 g/mol. The minimum atomic E-state index is -0.826. The Morgan fingerprint density at radius 2 is 0.702 bits per heavy atom. The van der Waals surface area contributed by atoms with Crippen molar-refractivity contribution in [3.63, 3.8) is 0 Å². The molecule has 7 rings (SSSR count). The molecule has 0 N–H and O–H groups in total. The van der Waals surface area contributed by atoms with Gasteiger partial charge in [0.25, 0.3) is 0 Å². The van der Waals surface area contributed by atoms with E-state index in [0.29, 0.717) is 5.41 Å². The predicted octanol–water partition coefficient (Wildman–Crippen LogP) is 20.6. The molecule has 7 aliphatic carbocycles. The minimum absolute atomic E-state index is 0. The van der Waals surface area contributed by atoms with E-state index in [2.05, 4.69) is 20.8 Å². The molecule has 0 bridgehead atoms. The van der Waals surface area contributed by atoms with Crippen LogP contribution >= 0.6 is 51.1 Å². The molecule has 0 aromatic heterocycles. The molecule has 0 amide bonds. The molecule has 7 aliphatic rings. The van der Waals surface area contributed by atoms with Crippen LogP contribution in [0.4, 0.5) is 4.70 Å². The van der Waals surface area contributed by atoms with Gasteiger partial charge in [0.05, 0.1) is 0 Å². The van der Waals surface area contributed by atoms with Gasteiger partial charge in [-0.15, -0.1) is 0 Å². The molecule has 0 saturated heterocycles. The topological polar surface area (TPSA) is 0 Å². The molecule has 0 nitrogen and oxygen atoms in total. The number of halogens is 7. The Labute approximate surface area is 416 Å². The van der Waals surface area contributed by atoms with E-state index < -0.39 is 62.5 Å². The van der Waals surface area contributed by atoms with Crippen molar-refractivity contribution < 1.29 is 67.2 Å². The summed E-state index contributed by atoms with van der Waals surface area (Å²) in [5.41, 5.74) is 0.560. The van der Waals surface area contributed by atoms with Gasteiger partial charge < -0.3 is 44.6 Å². The first kappa shape index (κ1) is 72.9. The zero-order valence-electron chi connectivity index (χ0n) is 38.7. The molecule has 5 atom stereocenters. The molecular formula is C47H93Cl6FZr3. The van der Waals surface area contributed by atoms with Crippen LogP contribution in [0.5, 0.6) is 0 Å². The van der Waals surface area contributed by atoms with Crippen LogP contribution in [-0.4, -0.2) is 0 Å². The van der Waals surface area contributed by atoms with Crippen molar-refractivity contribution in [1.29, 1.82) is 0 Å². The first-order valence-electron chi connectivity index (χ1n) is 21.1. The van der Waals surface area contributed by atoms with Crippen molar-refractivity contribution in [1.82, 2.24) is 0 Å². The SMILES string of the molecule is C1CCC(CC2CCC3CCCCC32)C1.C1CCC(CC2CCCC2)C1.CC(C)(C)C1CCC(CC2CCCC2)C1.F.[CH3-].[CH3-].[CH3-].[CH3-].[CH3-].[CH3-].[Cl][Zr+2][Cl].[Cl][Zr+2][Cl].[Cl][Zr+2][Cl]. The van der Waals surface area contributed by atoms with E-state index in [0.717, 1.165) is 47.3 Å². The summed E-state index contributed by atoms with van der Waals surface area (Å²) in [6.45, 7) is 7.28. The molecule has 7 saturated carbocycles. The molecule has 0 aromatic rings. The quantitative estimate of drug-likeness (QED) is 0.233. The molecule has 342 valence electrons. The van der Waals surface area contributed by atoms with Crippen LogP contribution in [0.3, 0.4) is 0 Å². The van der Waals surface area contributed by atoms with E-state index in [9.17, 15) is 0 Å². The monoisotopic (exact) mass is 1160 g/mol. The van der Waals surface area contributed by atoms with Crippen LogP contribution in [0, 0.1) is 103 Å². The Morgan fingerprint density at radius 1 is 0.386 bits per heavy atom. The van der Waals surface area contributed by atoms with Crippen LogP contribution in [0.25, 0.3) is 0 Å². The molecule has 57 heavy (non-hydrogen) atoms. The van der Waals surface area contributed by atoms with Crippen molar-refractivity contribution in [3.05, 3.63) is 44.6 Å². The second kappa shape index (κ2) is 45.5. The van der Waals surface area contributed by atoms with Gasteiger partial charge in [0.1, 0.15) is 0 Å². The molecule has 0 aliphatic heterocycles. The van der Waals surface area contributed by atoms with Gasteiger partial charge in [-0.3, -0.25) is 4.70 Å². The van der Waals surface area contributed by atoms with E-state index in [1.807, 2.05) is 0 Å². The van der Waals surface area contributed by atoms with E-state index in [-0.39, 0.29) is 49.3 Å².